The molecule has 0 aliphatic rings. The quantitative estimate of drug-likeness (QED) is 0.798. The van der Waals surface area contributed by atoms with Gasteiger partial charge in [0.15, 0.2) is 0 Å². The third-order valence-electron chi connectivity index (χ3n) is 4.04. The maximum atomic E-state index is 12.5. The Morgan fingerprint density at radius 1 is 1.12 bits per heavy atom. The molecule has 2 aromatic rings. The predicted octanol–water partition coefficient (Wildman–Crippen LogP) is 3.58. The Morgan fingerprint density at radius 2 is 1.72 bits per heavy atom. The molecule has 1 amide bonds. The summed E-state index contributed by atoms with van der Waals surface area (Å²) in [4.78, 5) is 14.3. The van der Waals surface area contributed by atoms with Gasteiger partial charge in [-0.25, -0.2) is 8.42 Å². The summed E-state index contributed by atoms with van der Waals surface area (Å²) in [6.07, 6.45) is 0. The zero-order valence-electron chi connectivity index (χ0n) is 14.9. The molecule has 5 nitrogen and oxygen atoms in total. The minimum atomic E-state index is -3.46. The van der Waals surface area contributed by atoms with Crippen molar-refractivity contribution in [3.8, 4) is 0 Å². The maximum absolute atomic E-state index is 12.5. The van der Waals surface area contributed by atoms with Crippen molar-refractivity contribution in [2.75, 3.05) is 13.1 Å². The van der Waals surface area contributed by atoms with E-state index in [1.165, 1.54) is 15.6 Å². The monoisotopic (exact) mass is 380 g/mol. The smallest absolute Gasteiger partial charge is 0.261 e. The fraction of sp³-hybridized carbons (Fsp3) is 0.389. The number of carbonyl (C=O) groups excluding carboxylic acids is 1. The van der Waals surface area contributed by atoms with Gasteiger partial charge in [0.2, 0.25) is 10.0 Å². The largest absolute Gasteiger partial charge is 0.345 e. The van der Waals surface area contributed by atoms with E-state index < -0.39 is 10.0 Å². The molecule has 0 aliphatic heterocycles. The van der Waals surface area contributed by atoms with E-state index >= 15 is 0 Å². The molecule has 1 aromatic carbocycles. The van der Waals surface area contributed by atoms with E-state index in [9.17, 15) is 13.2 Å². The number of hydrogen-bond donors (Lipinski definition) is 1. The van der Waals surface area contributed by atoms with Gasteiger partial charge in [-0.15, -0.1) is 11.3 Å². The van der Waals surface area contributed by atoms with Crippen LogP contribution in [0, 0.1) is 6.92 Å². The van der Waals surface area contributed by atoms with Gasteiger partial charge in [0.25, 0.3) is 5.91 Å². The van der Waals surface area contributed by atoms with Crippen LogP contribution in [-0.2, 0) is 10.0 Å². The van der Waals surface area contributed by atoms with Crippen LogP contribution in [0.25, 0.3) is 0 Å². The zero-order chi connectivity index (χ0) is 18.6. The Labute approximate surface area is 153 Å². The Morgan fingerprint density at radius 3 is 2.20 bits per heavy atom. The molecule has 1 heterocycles. The first kappa shape index (κ1) is 19.6. The minimum Gasteiger partial charge on any atom is -0.345 e. The lowest BCUT2D eigenvalue weighted by molar-refractivity contribution is 0.0944. The number of aryl methyl sites for hydroxylation is 1. The third kappa shape index (κ3) is 4.48. The zero-order valence-corrected chi connectivity index (χ0v) is 16.6. The first-order chi connectivity index (χ1) is 11.8. The summed E-state index contributed by atoms with van der Waals surface area (Å²) in [7, 11) is -3.46. The molecule has 1 aromatic heterocycles. The number of benzene rings is 1. The standard InChI is InChI=1S/C18H24N2O3S2/c1-5-20(6-2)25(22,23)16-10-8-15(9-11-16)14(4)19-18(21)17-12-7-13(3)24-17/h7-12,14H,5-6H2,1-4H3,(H,19,21)/t14-/m1/s1. The second-order valence-electron chi connectivity index (χ2n) is 5.76. The first-order valence-electron chi connectivity index (χ1n) is 8.27. The Bertz CT molecular complexity index is 822. The number of hydrogen-bond acceptors (Lipinski definition) is 4. The molecule has 1 N–H and O–H groups in total. The lowest BCUT2D eigenvalue weighted by Gasteiger charge is -2.19. The van der Waals surface area contributed by atoms with Gasteiger partial charge in [-0.2, -0.15) is 4.31 Å². The molecule has 0 aliphatic carbocycles. The average Bonchev–Trinajstić information content (AvgIpc) is 3.02. The van der Waals surface area contributed by atoms with Crippen molar-refractivity contribution in [1.82, 2.24) is 9.62 Å². The SMILES string of the molecule is CCN(CC)S(=O)(=O)c1ccc([C@@H](C)NC(=O)c2ccc(C)s2)cc1. The van der Waals surface area contributed by atoms with Crippen LogP contribution in [-0.4, -0.2) is 31.7 Å². The van der Waals surface area contributed by atoms with Gasteiger partial charge >= 0.3 is 0 Å². The van der Waals surface area contributed by atoms with E-state index in [1.54, 1.807) is 24.3 Å². The van der Waals surface area contributed by atoms with Gasteiger partial charge in [0.1, 0.15) is 0 Å². The molecule has 0 unspecified atom stereocenters. The number of amides is 1. The number of thiophene rings is 1. The van der Waals surface area contributed by atoms with Gasteiger partial charge in [-0.1, -0.05) is 26.0 Å². The van der Waals surface area contributed by atoms with Crippen LogP contribution in [0.3, 0.4) is 0 Å². The fourth-order valence-electron chi connectivity index (χ4n) is 2.55. The molecule has 0 spiro atoms. The van der Waals surface area contributed by atoms with Crippen molar-refractivity contribution in [1.29, 1.82) is 0 Å². The molecule has 136 valence electrons. The average molecular weight is 381 g/mol. The topological polar surface area (TPSA) is 66.5 Å². The van der Waals surface area contributed by atoms with Crippen LogP contribution in [0.5, 0.6) is 0 Å². The van der Waals surface area contributed by atoms with Crippen molar-refractivity contribution in [2.45, 2.75) is 38.6 Å². The highest BCUT2D eigenvalue weighted by Crippen LogP contribution is 2.21. The summed E-state index contributed by atoms with van der Waals surface area (Å²) in [6, 6.07) is 10.2. The lowest BCUT2D eigenvalue weighted by Crippen LogP contribution is -2.30. The Balaban J connectivity index is 2.12. The van der Waals surface area contributed by atoms with Crippen LogP contribution in [0.2, 0.25) is 0 Å². The number of sulfonamides is 1. The molecular formula is C18H24N2O3S2. The molecule has 0 fully saturated rings. The van der Waals surface area contributed by atoms with Gasteiger partial charge in [-0.3, -0.25) is 4.79 Å². The lowest BCUT2D eigenvalue weighted by atomic mass is 10.1. The van der Waals surface area contributed by atoms with Crippen molar-refractivity contribution < 1.29 is 13.2 Å². The minimum absolute atomic E-state index is 0.120. The van der Waals surface area contributed by atoms with E-state index in [4.69, 9.17) is 0 Å². The second-order valence-corrected chi connectivity index (χ2v) is 8.99. The summed E-state index contributed by atoms with van der Waals surface area (Å²) in [5.74, 6) is -0.120. The molecule has 2 rings (SSSR count). The second kappa shape index (κ2) is 8.12. The molecule has 1 atom stereocenters. The molecule has 7 heteroatoms. The number of nitrogens with zero attached hydrogens (tertiary/aromatic N) is 1. The Kier molecular flexibility index (Phi) is 6.37. The summed E-state index contributed by atoms with van der Waals surface area (Å²) >= 11 is 1.45. The van der Waals surface area contributed by atoms with Crippen LogP contribution < -0.4 is 5.32 Å². The van der Waals surface area contributed by atoms with Crippen LogP contribution in [0.1, 0.15) is 46.9 Å². The van der Waals surface area contributed by atoms with E-state index in [0.29, 0.717) is 18.0 Å². The summed E-state index contributed by atoms with van der Waals surface area (Å²) in [5.41, 5.74) is 0.861. The van der Waals surface area contributed by atoms with Crippen molar-refractivity contribution in [3.05, 3.63) is 51.7 Å². The van der Waals surface area contributed by atoms with E-state index in [-0.39, 0.29) is 16.8 Å². The van der Waals surface area contributed by atoms with E-state index in [2.05, 4.69) is 5.32 Å². The number of nitrogens with one attached hydrogen (secondary N) is 1. The number of carbonyl (C=O) groups is 1. The van der Waals surface area contributed by atoms with E-state index in [1.807, 2.05) is 39.8 Å². The predicted molar refractivity (Wildman–Crippen MR) is 101 cm³/mol. The van der Waals surface area contributed by atoms with Crippen molar-refractivity contribution in [2.24, 2.45) is 0 Å². The molecule has 25 heavy (non-hydrogen) atoms. The van der Waals surface area contributed by atoms with Crippen LogP contribution in [0.15, 0.2) is 41.3 Å². The molecule has 0 radical (unpaired) electrons. The van der Waals surface area contributed by atoms with Crippen LogP contribution in [0.4, 0.5) is 0 Å². The highest BCUT2D eigenvalue weighted by Gasteiger charge is 2.21. The summed E-state index contributed by atoms with van der Waals surface area (Å²) < 4.78 is 26.4. The first-order valence-corrected chi connectivity index (χ1v) is 10.5. The highest BCUT2D eigenvalue weighted by molar-refractivity contribution is 7.89. The normalized spacial score (nSPS) is 13.0. The molecule has 0 saturated carbocycles. The van der Waals surface area contributed by atoms with Gasteiger partial charge in [0.05, 0.1) is 15.8 Å². The molecular weight excluding hydrogens is 356 g/mol. The summed E-state index contributed by atoms with van der Waals surface area (Å²) in [6.45, 7) is 8.35. The van der Waals surface area contributed by atoms with Gasteiger partial charge in [-0.05, 0) is 43.7 Å². The van der Waals surface area contributed by atoms with E-state index in [0.717, 1.165) is 10.4 Å². The molecule has 0 bridgehead atoms. The maximum Gasteiger partial charge on any atom is 0.261 e. The van der Waals surface area contributed by atoms with Gasteiger partial charge < -0.3 is 5.32 Å². The Hall–Kier alpha value is -1.70. The molecule has 0 saturated heterocycles. The van der Waals surface area contributed by atoms with Crippen LogP contribution >= 0.6 is 11.3 Å². The van der Waals surface area contributed by atoms with Crippen molar-refractivity contribution in [3.63, 3.8) is 0 Å². The summed E-state index contributed by atoms with van der Waals surface area (Å²) in [5, 5.41) is 2.94. The third-order valence-corrected chi connectivity index (χ3v) is 7.10. The fourth-order valence-corrected chi connectivity index (χ4v) is 4.78. The van der Waals surface area contributed by atoms with Crippen molar-refractivity contribution >= 4 is 27.3 Å². The van der Waals surface area contributed by atoms with Gasteiger partial charge in [0, 0.05) is 18.0 Å². The highest BCUT2D eigenvalue weighted by atomic mass is 32.2. The number of rotatable bonds is 7.